The molecule has 1 unspecified atom stereocenters. The number of anilines is 1. The number of benzene rings is 1. The lowest BCUT2D eigenvalue weighted by Gasteiger charge is -2.26. The van der Waals surface area contributed by atoms with Gasteiger partial charge in [-0.25, -0.2) is 4.39 Å². The number of aliphatic hydroxyl groups is 1. The third-order valence-electron chi connectivity index (χ3n) is 2.98. The van der Waals surface area contributed by atoms with Crippen molar-refractivity contribution in [3.63, 3.8) is 0 Å². The molecule has 0 radical (unpaired) electrons. The van der Waals surface area contributed by atoms with Crippen molar-refractivity contribution >= 4 is 5.69 Å². The quantitative estimate of drug-likeness (QED) is 0.824. The largest absolute Gasteiger partial charge is 0.394 e. The third-order valence-corrected chi connectivity index (χ3v) is 2.98. The Balaban J connectivity index is 2.36. The van der Waals surface area contributed by atoms with E-state index >= 15 is 0 Å². The van der Waals surface area contributed by atoms with Crippen LogP contribution in [0.1, 0.15) is 18.4 Å². The van der Waals surface area contributed by atoms with Crippen molar-refractivity contribution in [2.75, 3.05) is 18.1 Å². The van der Waals surface area contributed by atoms with Crippen LogP contribution in [0.4, 0.5) is 10.1 Å². The average molecular weight is 220 g/mol. The van der Waals surface area contributed by atoms with Crippen LogP contribution in [0.15, 0.2) is 18.2 Å². The number of hydrogen-bond acceptors (Lipinski definition) is 3. The average Bonchev–Trinajstić information content (AvgIpc) is 2.76. The van der Waals surface area contributed by atoms with Crippen LogP contribution in [0.5, 0.6) is 0 Å². The summed E-state index contributed by atoms with van der Waals surface area (Å²) in [5, 5.41) is 18.2. The molecule has 1 aromatic rings. The second-order valence-electron chi connectivity index (χ2n) is 3.95. The molecule has 2 rings (SSSR count). The van der Waals surface area contributed by atoms with Crippen LogP contribution in [0.2, 0.25) is 0 Å². The van der Waals surface area contributed by atoms with Crippen LogP contribution in [-0.4, -0.2) is 24.3 Å². The lowest BCUT2D eigenvalue weighted by Crippen LogP contribution is -2.32. The standard InChI is InChI=1S/C12H13FN2O/c13-10-3-4-12(9(6-10)7-14)15-5-1-2-11(15)8-16/h3-4,6,11,16H,1-2,5,8H2. The highest BCUT2D eigenvalue weighted by molar-refractivity contribution is 5.60. The summed E-state index contributed by atoms with van der Waals surface area (Å²) in [5.74, 6) is -0.403. The summed E-state index contributed by atoms with van der Waals surface area (Å²) in [5.41, 5.74) is 1.06. The zero-order valence-electron chi connectivity index (χ0n) is 8.86. The normalized spacial score (nSPS) is 19.8. The van der Waals surface area contributed by atoms with E-state index in [9.17, 15) is 9.50 Å². The summed E-state index contributed by atoms with van der Waals surface area (Å²) in [6.07, 6.45) is 1.91. The van der Waals surface area contributed by atoms with Crippen molar-refractivity contribution in [1.82, 2.24) is 0 Å². The van der Waals surface area contributed by atoms with Crippen LogP contribution >= 0.6 is 0 Å². The number of halogens is 1. The van der Waals surface area contributed by atoms with E-state index in [0.717, 1.165) is 25.1 Å². The second kappa shape index (κ2) is 4.50. The van der Waals surface area contributed by atoms with Crippen molar-refractivity contribution < 1.29 is 9.50 Å². The third kappa shape index (κ3) is 1.86. The van der Waals surface area contributed by atoms with Gasteiger partial charge in [-0.05, 0) is 31.0 Å². The molecule has 84 valence electrons. The smallest absolute Gasteiger partial charge is 0.124 e. The number of hydrogen-bond donors (Lipinski definition) is 1. The molecule has 0 aliphatic carbocycles. The first-order valence-corrected chi connectivity index (χ1v) is 5.33. The molecule has 0 spiro atoms. The van der Waals surface area contributed by atoms with Crippen LogP contribution < -0.4 is 4.90 Å². The van der Waals surface area contributed by atoms with E-state index in [1.54, 1.807) is 6.07 Å². The van der Waals surface area contributed by atoms with Gasteiger partial charge in [-0.2, -0.15) is 5.26 Å². The van der Waals surface area contributed by atoms with Crippen LogP contribution in [-0.2, 0) is 0 Å². The maximum atomic E-state index is 13.0. The molecule has 0 amide bonds. The Morgan fingerprint density at radius 1 is 1.56 bits per heavy atom. The first kappa shape index (κ1) is 10.9. The first-order valence-electron chi connectivity index (χ1n) is 5.33. The van der Waals surface area contributed by atoms with Gasteiger partial charge < -0.3 is 10.0 Å². The minimum absolute atomic E-state index is 0.0533. The van der Waals surface area contributed by atoms with Gasteiger partial charge in [0.25, 0.3) is 0 Å². The molecule has 0 bridgehead atoms. The summed E-state index contributed by atoms with van der Waals surface area (Å²) in [7, 11) is 0. The minimum Gasteiger partial charge on any atom is -0.394 e. The summed E-state index contributed by atoms with van der Waals surface area (Å²) < 4.78 is 13.0. The molecule has 3 nitrogen and oxygen atoms in total. The first-order chi connectivity index (χ1) is 7.76. The zero-order chi connectivity index (χ0) is 11.5. The predicted molar refractivity (Wildman–Crippen MR) is 58.6 cm³/mol. The molecular formula is C12H13FN2O. The molecule has 1 aromatic carbocycles. The molecule has 1 atom stereocenters. The monoisotopic (exact) mass is 220 g/mol. The molecule has 4 heteroatoms. The molecule has 1 aliphatic heterocycles. The summed E-state index contributed by atoms with van der Waals surface area (Å²) in [4.78, 5) is 1.98. The number of aliphatic hydroxyl groups excluding tert-OH is 1. The Hall–Kier alpha value is -1.60. The maximum Gasteiger partial charge on any atom is 0.124 e. The Morgan fingerprint density at radius 3 is 3.06 bits per heavy atom. The number of nitrogens with zero attached hydrogens (tertiary/aromatic N) is 2. The van der Waals surface area contributed by atoms with E-state index in [2.05, 4.69) is 0 Å². The van der Waals surface area contributed by atoms with E-state index in [4.69, 9.17) is 5.26 Å². The van der Waals surface area contributed by atoms with Crippen LogP contribution in [0.3, 0.4) is 0 Å². The Labute approximate surface area is 93.7 Å². The van der Waals surface area contributed by atoms with Crippen LogP contribution in [0.25, 0.3) is 0 Å². The molecule has 0 aromatic heterocycles. The topological polar surface area (TPSA) is 47.3 Å². The highest BCUT2D eigenvalue weighted by Gasteiger charge is 2.25. The van der Waals surface area contributed by atoms with Gasteiger partial charge in [-0.1, -0.05) is 0 Å². The van der Waals surface area contributed by atoms with E-state index < -0.39 is 5.82 Å². The number of rotatable bonds is 2. The predicted octanol–water partition coefficient (Wildman–Crippen LogP) is 1.66. The Bertz CT molecular complexity index is 428. The molecule has 0 saturated carbocycles. The van der Waals surface area contributed by atoms with Gasteiger partial charge in [0.05, 0.1) is 23.9 Å². The minimum atomic E-state index is -0.403. The van der Waals surface area contributed by atoms with E-state index in [-0.39, 0.29) is 12.6 Å². The molecule has 1 saturated heterocycles. The van der Waals surface area contributed by atoms with Gasteiger partial charge in [-0.15, -0.1) is 0 Å². The zero-order valence-corrected chi connectivity index (χ0v) is 8.86. The SMILES string of the molecule is N#Cc1cc(F)ccc1N1CCCC1CO. The Kier molecular flexibility index (Phi) is 3.07. The highest BCUT2D eigenvalue weighted by Crippen LogP contribution is 2.28. The van der Waals surface area contributed by atoms with Crippen molar-refractivity contribution in [2.24, 2.45) is 0 Å². The lowest BCUT2D eigenvalue weighted by molar-refractivity contribution is 0.266. The van der Waals surface area contributed by atoms with E-state index in [0.29, 0.717) is 5.56 Å². The van der Waals surface area contributed by atoms with E-state index in [1.165, 1.54) is 12.1 Å². The van der Waals surface area contributed by atoms with Gasteiger partial charge in [0.15, 0.2) is 0 Å². The molecule has 1 heterocycles. The second-order valence-corrected chi connectivity index (χ2v) is 3.95. The summed E-state index contributed by atoms with van der Waals surface area (Å²) in [6.45, 7) is 0.883. The number of nitriles is 1. The van der Waals surface area contributed by atoms with Crippen molar-refractivity contribution in [2.45, 2.75) is 18.9 Å². The fraction of sp³-hybridized carbons (Fsp3) is 0.417. The van der Waals surface area contributed by atoms with Crippen molar-refractivity contribution in [1.29, 1.82) is 5.26 Å². The molecule has 16 heavy (non-hydrogen) atoms. The fourth-order valence-corrected chi connectivity index (χ4v) is 2.19. The Morgan fingerprint density at radius 2 is 2.38 bits per heavy atom. The van der Waals surface area contributed by atoms with Crippen molar-refractivity contribution in [3.05, 3.63) is 29.6 Å². The molecule has 1 aliphatic rings. The maximum absolute atomic E-state index is 13.0. The highest BCUT2D eigenvalue weighted by atomic mass is 19.1. The molecule has 1 fully saturated rings. The summed E-state index contributed by atoms with van der Waals surface area (Å²) >= 11 is 0. The van der Waals surface area contributed by atoms with Gasteiger partial charge in [0.2, 0.25) is 0 Å². The van der Waals surface area contributed by atoms with Crippen molar-refractivity contribution in [3.8, 4) is 6.07 Å². The molecule has 1 N–H and O–H groups in total. The van der Waals surface area contributed by atoms with Gasteiger partial charge in [-0.3, -0.25) is 0 Å². The van der Waals surface area contributed by atoms with Crippen LogP contribution in [0, 0.1) is 17.1 Å². The molecular weight excluding hydrogens is 207 g/mol. The van der Waals surface area contributed by atoms with Gasteiger partial charge in [0.1, 0.15) is 11.9 Å². The van der Waals surface area contributed by atoms with Gasteiger partial charge in [0, 0.05) is 6.54 Å². The fourth-order valence-electron chi connectivity index (χ4n) is 2.19. The van der Waals surface area contributed by atoms with E-state index in [1.807, 2.05) is 11.0 Å². The van der Waals surface area contributed by atoms with Gasteiger partial charge >= 0.3 is 0 Å². The lowest BCUT2D eigenvalue weighted by atomic mass is 10.1. The summed E-state index contributed by atoms with van der Waals surface area (Å²) in [6, 6.07) is 6.25.